The molecule has 39 heavy (non-hydrogen) atoms. The Morgan fingerprint density at radius 2 is 1.77 bits per heavy atom. The zero-order chi connectivity index (χ0) is 28.6. The molecule has 0 bridgehead atoms. The zero-order valence-electron chi connectivity index (χ0n) is 21.6. The van der Waals surface area contributed by atoms with E-state index in [1.54, 1.807) is 20.8 Å². The first-order chi connectivity index (χ1) is 18.3. The summed E-state index contributed by atoms with van der Waals surface area (Å²) in [5.74, 6) is -1.67. The van der Waals surface area contributed by atoms with Crippen LogP contribution in [0.2, 0.25) is 0 Å². The number of halogens is 3. The van der Waals surface area contributed by atoms with Gasteiger partial charge in [0.05, 0.1) is 29.4 Å². The van der Waals surface area contributed by atoms with Gasteiger partial charge in [0.2, 0.25) is 5.88 Å². The molecule has 0 saturated carbocycles. The molecule has 10 nitrogen and oxygen atoms in total. The van der Waals surface area contributed by atoms with Crippen LogP contribution in [-0.2, 0) is 17.8 Å². The Kier molecular flexibility index (Phi) is 7.89. The second kappa shape index (κ2) is 10.8. The van der Waals surface area contributed by atoms with Gasteiger partial charge < -0.3 is 14.4 Å². The number of thiophene rings is 1. The Labute approximate surface area is 233 Å². The van der Waals surface area contributed by atoms with Crippen molar-refractivity contribution in [2.24, 2.45) is 0 Å². The van der Waals surface area contributed by atoms with Crippen LogP contribution in [0.15, 0.2) is 43.7 Å². The zero-order valence-corrected chi connectivity index (χ0v) is 24.0. The number of benzene rings is 1. The van der Waals surface area contributed by atoms with Gasteiger partial charge in [-0.2, -0.15) is 0 Å². The van der Waals surface area contributed by atoms with Crippen LogP contribution >= 0.6 is 27.3 Å². The molecule has 0 spiro atoms. The van der Waals surface area contributed by atoms with E-state index in [0.29, 0.717) is 9.35 Å². The van der Waals surface area contributed by atoms with Crippen molar-refractivity contribution in [3.8, 4) is 11.7 Å². The van der Waals surface area contributed by atoms with Gasteiger partial charge in [0.1, 0.15) is 22.1 Å². The maximum atomic E-state index is 14.6. The summed E-state index contributed by atoms with van der Waals surface area (Å²) in [5.41, 5.74) is -2.34. The largest absolute Gasteiger partial charge is 0.480 e. The van der Waals surface area contributed by atoms with Gasteiger partial charge in [-0.3, -0.25) is 9.36 Å². The number of amides is 1. The number of rotatable bonds is 6. The van der Waals surface area contributed by atoms with E-state index < -0.39 is 41.1 Å². The average molecular weight is 624 g/mol. The van der Waals surface area contributed by atoms with Gasteiger partial charge in [-0.25, -0.2) is 22.9 Å². The molecule has 4 rings (SSSR count). The van der Waals surface area contributed by atoms with Crippen molar-refractivity contribution in [1.29, 1.82) is 0 Å². The van der Waals surface area contributed by atoms with Gasteiger partial charge in [-0.1, -0.05) is 6.07 Å². The van der Waals surface area contributed by atoms with Crippen LogP contribution in [0.25, 0.3) is 16.0 Å². The number of fused-ring (bicyclic) bond motifs is 1. The molecule has 0 unspecified atom stereocenters. The van der Waals surface area contributed by atoms with E-state index in [1.165, 1.54) is 37.3 Å². The summed E-state index contributed by atoms with van der Waals surface area (Å²) >= 11 is 4.47. The van der Waals surface area contributed by atoms with Crippen molar-refractivity contribution in [2.75, 3.05) is 14.2 Å². The lowest BCUT2D eigenvalue weighted by molar-refractivity contribution is 0.0285. The van der Waals surface area contributed by atoms with E-state index in [-0.39, 0.29) is 34.0 Å². The Balaban J connectivity index is 1.97. The minimum absolute atomic E-state index is 0.0642. The summed E-state index contributed by atoms with van der Waals surface area (Å²) < 4.78 is 42.0. The predicted molar refractivity (Wildman–Crippen MR) is 145 cm³/mol. The minimum atomic E-state index is -0.879. The molecule has 1 amide bonds. The van der Waals surface area contributed by atoms with Gasteiger partial charge in [-0.15, -0.1) is 21.5 Å². The van der Waals surface area contributed by atoms with Crippen LogP contribution in [0, 0.1) is 11.6 Å². The van der Waals surface area contributed by atoms with Gasteiger partial charge in [0.25, 0.3) is 5.56 Å². The molecule has 4 aromatic rings. The highest BCUT2D eigenvalue weighted by molar-refractivity contribution is 9.11. The Bertz CT molecular complexity index is 1660. The second-order valence-corrected chi connectivity index (χ2v) is 11.8. The standard InChI is InChI=1S/C25H24BrF2N5O5S/c1-25(2,3)38-24(36)31(4)11-14-19-21(34)33(17-9-10-18(37-5)30-29-17)23(35)32(22(19)39-20(14)26)12-13-15(27)7-6-8-16(13)28/h6-10H,11-12H2,1-5H3. The molecule has 0 aliphatic carbocycles. The summed E-state index contributed by atoms with van der Waals surface area (Å²) in [4.78, 5) is 41.6. The summed E-state index contributed by atoms with van der Waals surface area (Å²) in [6.07, 6.45) is -0.628. The summed E-state index contributed by atoms with van der Waals surface area (Å²) in [7, 11) is 2.89. The van der Waals surface area contributed by atoms with Crippen molar-refractivity contribution in [2.45, 2.75) is 39.5 Å². The molecule has 1 aromatic carbocycles. The lowest BCUT2D eigenvalue weighted by Gasteiger charge is -2.24. The normalized spacial score (nSPS) is 11.6. The third-order valence-electron chi connectivity index (χ3n) is 5.57. The average Bonchev–Trinajstić information content (AvgIpc) is 3.18. The van der Waals surface area contributed by atoms with Crippen molar-refractivity contribution >= 4 is 43.6 Å². The molecular weight excluding hydrogens is 600 g/mol. The Morgan fingerprint density at radius 3 is 2.33 bits per heavy atom. The quantitative estimate of drug-likeness (QED) is 0.312. The van der Waals surface area contributed by atoms with E-state index >= 15 is 0 Å². The van der Waals surface area contributed by atoms with E-state index in [4.69, 9.17) is 9.47 Å². The number of hydrogen-bond acceptors (Lipinski definition) is 8. The maximum Gasteiger partial charge on any atom is 0.410 e. The van der Waals surface area contributed by atoms with E-state index in [2.05, 4.69) is 26.1 Å². The molecule has 0 N–H and O–H groups in total. The van der Waals surface area contributed by atoms with Crippen LogP contribution < -0.4 is 16.0 Å². The molecule has 206 valence electrons. The fourth-order valence-corrected chi connectivity index (χ4v) is 5.56. The van der Waals surface area contributed by atoms with E-state index in [9.17, 15) is 23.2 Å². The second-order valence-electron chi connectivity index (χ2n) is 9.51. The first kappa shape index (κ1) is 28.4. The number of carbonyl (C=O) groups excluding carboxylic acids is 1. The number of nitrogens with zero attached hydrogens (tertiary/aromatic N) is 5. The number of methoxy groups -OCH3 is 1. The van der Waals surface area contributed by atoms with Crippen molar-refractivity contribution < 1.29 is 23.0 Å². The smallest absolute Gasteiger partial charge is 0.410 e. The molecule has 0 fully saturated rings. The predicted octanol–water partition coefficient (Wildman–Crippen LogP) is 4.47. The van der Waals surface area contributed by atoms with Gasteiger partial charge >= 0.3 is 11.8 Å². The highest BCUT2D eigenvalue weighted by atomic mass is 79.9. The molecule has 3 aromatic heterocycles. The summed E-state index contributed by atoms with van der Waals surface area (Å²) in [6, 6.07) is 6.16. The van der Waals surface area contributed by atoms with Crippen LogP contribution in [0.1, 0.15) is 31.9 Å². The third-order valence-corrected chi connectivity index (χ3v) is 7.57. The maximum absolute atomic E-state index is 14.6. The number of ether oxygens (including phenoxy) is 2. The molecule has 0 aliphatic rings. The Hall–Kier alpha value is -3.65. The van der Waals surface area contributed by atoms with Crippen molar-refractivity contribution in [3.05, 3.63) is 77.7 Å². The van der Waals surface area contributed by atoms with Crippen LogP contribution in [0.5, 0.6) is 5.88 Å². The van der Waals surface area contributed by atoms with Gasteiger partial charge in [-0.05, 0) is 54.9 Å². The SMILES string of the molecule is COc1ccc(-n2c(=O)c3c(CN(C)C(=O)OC(C)(C)C)c(Br)sc3n(Cc3c(F)cccc3F)c2=O)nn1. The molecule has 0 aliphatic heterocycles. The Morgan fingerprint density at radius 1 is 1.10 bits per heavy atom. The lowest BCUT2D eigenvalue weighted by Crippen LogP contribution is -2.40. The van der Waals surface area contributed by atoms with Crippen LogP contribution in [0.4, 0.5) is 13.6 Å². The van der Waals surface area contributed by atoms with Gasteiger partial charge in [0.15, 0.2) is 5.82 Å². The molecule has 0 atom stereocenters. The van der Waals surface area contributed by atoms with Crippen molar-refractivity contribution in [3.63, 3.8) is 0 Å². The van der Waals surface area contributed by atoms with E-state index in [0.717, 1.165) is 32.6 Å². The fraction of sp³-hybridized carbons (Fsp3) is 0.320. The molecule has 0 radical (unpaired) electrons. The van der Waals surface area contributed by atoms with Gasteiger partial charge in [0, 0.05) is 24.2 Å². The topological polar surface area (TPSA) is 109 Å². The number of aromatic nitrogens is 4. The minimum Gasteiger partial charge on any atom is -0.480 e. The van der Waals surface area contributed by atoms with Crippen LogP contribution in [0.3, 0.4) is 0 Å². The molecule has 3 heterocycles. The van der Waals surface area contributed by atoms with E-state index in [1.807, 2.05) is 0 Å². The number of carbonyl (C=O) groups is 1. The summed E-state index contributed by atoms with van der Waals surface area (Å²) in [6.45, 7) is 4.61. The lowest BCUT2D eigenvalue weighted by atomic mass is 10.2. The summed E-state index contributed by atoms with van der Waals surface area (Å²) in [5, 5.41) is 7.83. The first-order valence-electron chi connectivity index (χ1n) is 11.5. The molecular formula is C25H24BrF2N5O5S. The van der Waals surface area contributed by atoms with Crippen molar-refractivity contribution in [1.82, 2.24) is 24.2 Å². The van der Waals surface area contributed by atoms with Crippen LogP contribution in [-0.4, -0.2) is 50.1 Å². The molecule has 14 heteroatoms. The fourth-order valence-electron chi connectivity index (χ4n) is 3.75. The molecule has 0 saturated heterocycles. The highest BCUT2D eigenvalue weighted by Crippen LogP contribution is 2.35. The highest BCUT2D eigenvalue weighted by Gasteiger charge is 2.27. The first-order valence-corrected chi connectivity index (χ1v) is 13.1. The monoisotopic (exact) mass is 623 g/mol. The third kappa shape index (κ3) is 5.71. The number of hydrogen-bond donors (Lipinski definition) is 0.